The third-order valence-electron chi connectivity index (χ3n) is 9.44. The molecule has 2 fully saturated rings. The minimum atomic E-state index is -1.08. The van der Waals surface area contributed by atoms with Gasteiger partial charge in [-0.2, -0.15) is 0 Å². The van der Waals surface area contributed by atoms with Gasteiger partial charge in [-0.3, -0.25) is 14.5 Å². The minimum absolute atomic E-state index is 0.284. The van der Waals surface area contributed by atoms with E-state index in [-0.39, 0.29) is 10.2 Å². The van der Waals surface area contributed by atoms with E-state index < -0.39 is 12.5 Å². The maximum absolute atomic E-state index is 12.9. The molecule has 4 aromatic rings. The summed E-state index contributed by atoms with van der Waals surface area (Å²) in [6.45, 7) is 3.82. The van der Waals surface area contributed by atoms with Crippen molar-refractivity contribution in [1.29, 1.82) is 0 Å². The Morgan fingerprint density at radius 1 is 0.872 bits per heavy atom. The van der Waals surface area contributed by atoms with Crippen LogP contribution in [-0.4, -0.2) is 38.8 Å². The molecule has 2 unspecified atom stereocenters. The van der Waals surface area contributed by atoms with E-state index in [1.807, 2.05) is 6.08 Å². The highest BCUT2D eigenvalue weighted by Crippen LogP contribution is 2.51. The number of thiocarbonyl (C=S) groups is 1. The van der Waals surface area contributed by atoms with E-state index in [4.69, 9.17) is 12.2 Å². The van der Waals surface area contributed by atoms with Gasteiger partial charge in [0.2, 0.25) is 0 Å². The first kappa shape index (κ1) is 31.2. The van der Waals surface area contributed by atoms with Gasteiger partial charge in [0, 0.05) is 23.3 Å². The van der Waals surface area contributed by atoms with E-state index in [2.05, 4.69) is 116 Å². The van der Waals surface area contributed by atoms with Crippen molar-refractivity contribution in [2.45, 2.75) is 51.5 Å². The highest BCUT2D eigenvalue weighted by molar-refractivity contribution is 8.26. The van der Waals surface area contributed by atoms with Gasteiger partial charge in [-0.1, -0.05) is 115 Å². The predicted octanol–water partition coefficient (Wildman–Crippen LogP) is 9.36. The molecule has 4 aromatic carbocycles. The van der Waals surface area contributed by atoms with E-state index >= 15 is 0 Å². The maximum Gasteiger partial charge on any atom is 0.323 e. The lowest BCUT2D eigenvalue weighted by molar-refractivity contribution is -0.140. The molecule has 7 rings (SSSR count). The Morgan fingerprint density at radius 3 is 2.13 bits per heavy atom. The summed E-state index contributed by atoms with van der Waals surface area (Å²) in [5.74, 6) is -1.00. The average molecular weight is 657 g/mol. The van der Waals surface area contributed by atoms with Gasteiger partial charge in [0.15, 0.2) is 0 Å². The van der Waals surface area contributed by atoms with Crippen molar-refractivity contribution in [3.63, 3.8) is 0 Å². The summed E-state index contributed by atoms with van der Waals surface area (Å²) in [5, 5.41) is 9.19. The molecule has 0 radical (unpaired) electrons. The number of anilines is 2. The summed E-state index contributed by atoms with van der Waals surface area (Å²) >= 11 is 6.47. The molecule has 2 heterocycles. The largest absolute Gasteiger partial charge is 0.480 e. The average Bonchev–Trinajstić information content (AvgIpc) is 3.53. The number of hydrogen-bond acceptors (Lipinski definition) is 5. The van der Waals surface area contributed by atoms with Crippen LogP contribution >= 0.6 is 24.0 Å². The van der Waals surface area contributed by atoms with E-state index in [1.165, 1.54) is 69.4 Å². The zero-order valence-electron chi connectivity index (χ0n) is 26.5. The first-order valence-electron chi connectivity index (χ1n) is 16.1. The molecule has 47 heavy (non-hydrogen) atoms. The number of nitrogens with zero attached hydrogens (tertiary/aromatic N) is 2. The third-order valence-corrected chi connectivity index (χ3v) is 10.8. The molecular formula is C40H36N2O3S2. The maximum atomic E-state index is 12.9. The second-order valence-corrected chi connectivity index (χ2v) is 14.4. The van der Waals surface area contributed by atoms with Crippen LogP contribution in [0.15, 0.2) is 95.9 Å². The molecule has 236 valence electrons. The number of carbonyl (C=O) groups excluding carboxylic acids is 1. The second kappa shape index (κ2) is 13.0. The number of thioether (sulfide) groups is 1. The van der Waals surface area contributed by atoms with Crippen LogP contribution in [0.1, 0.15) is 70.5 Å². The van der Waals surface area contributed by atoms with E-state index in [0.29, 0.717) is 16.9 Å². The number of carboxylic acid groups (broad SMARTS) is 1. The van der Waals surface area contributed by atoms with Crippen molar-refractivity contribution in [2.75, 3.05) is 11.4 Å². The molecule has 3 aliphatic rings. The third kappa shape index (κ3) is 6.30. The lowest BCUT2D eigenvalue weighted by Gasteiger charge is -2.33. The van der Waals surface area contributed by atoms with Crippen molar-refractivity contribution in [2.24, 2.45) is 0 Å². The Morgan fingerprint density at radius 2 is 1.49 bits per heavy atom. The lowest BCUT2D eigenvalue weighted by Crippen LogP contribution is -2.33. The van der Waals surface area contributed by atoms with Crippen molar-refractivity contribution in [1.82, 2.24) is 4.90 Å². The zero-order chi connectivity index (χ0) is 32.7. The molecule has 2 atom stereocenters. The standard InChI is InChI=1S/C40H36N2O3S2/c1-25-7-14-29(15-8-25)33(30-16-9-26(2)10-17-30)21-27-11-18-31(19-12-27)42-35-6-4-3-5-32(35)34-22-28(13-20-36(34)42)23-37-39(45)41(24-38(43)44)40(46)47-37/h7-23,32,35H,3-6,24H2,1-2H3,(H,43,44). The Labute approximate surface area is 285 Å². The fourth-order valence-electron chi connectivity index (χ4n) is 7.09. The van der Waals surface area contributed by atoms with Crippen molar-refractivity contribution < 1.29 is 14.7 Å². The van der Waals surface area contributed by atoms with Crippen molar-refractivity contribution in [3.8, 4) is 0 Å². The molecule has 1 amide bonds. The molecule has 7 heteroatoms. The van der Waals surface area contributed by atoms with Gasteiger partial charge in [0.05, 0.1) is 4.91 Å². The number of aliphatic carboxylic acids is 1. The van der Waals surface area contributed by atoms with Gasteiger partial charge in [-0.25, -0.2) is 0 Å². The number of benzene rings is 4. The predicted molar refractivity (Wildman–Crippen MR) is 197 cm³/mol. The van der Waals surface area contributed by atoms with Crippen LogP contribution in [-0.2, 0) is 9.59 Å². The monoisotopic (exact) mass is 656 g/mol. The highest BCUT2D eigenvalue weighted by atomic mass is 32.2. The number of carbonyl (C=O) groups is 2. The Bertz CT molecular complexity index is 1880. The molecule has 1 aliphatic carbocycles. The lowest BCUT2D eigenvalue weighted by atomic mass is 9.82. The molecule has 0 spiro atoms. The zero-order valence-corrected chi connectivity index (χ0v) is 28.1. The quantitative estimate of drug-likeness (QED) is 0.122. The van der Waals surface area contributed by atoms with Crippen LogP contribution in [0.4, 0.5) is 11.4 Å². The summed E-state index contributed by atoms with van der Waals surface area (Å²) in [5.41, 5.74) is 11.9. The number of amides is 1. The van der Waals surface area contributed by atoms with Crippen molar-refractivity contribution >= 4 is 69.3 Å². The summed E-state index contributed by atoms with van der Waals surface area (Å²) < 4.78 is 0.284. The first-order chi connectivity index (χ1) is 22.7. The SMILES string of the molecule is Cc1ccc(C(=Cc2ccc(N3c4ccc(C=C5SC(=S)N(CC(=O)O)C5=O)cc4C4CCCCC43)cc2)c2ccc(C)cc2)cc1. The Kier molecular flexibility index (Phi) is 8.60. The van der Waals surface area contributed by atoms with Gasteiger partial charge in [-0.05, 0) is 96.5 Å². The molecule has 0 bridgehead atoms. The topological polar surface area (TPSA) is 60.9 Å². The normalized spacial score (nSPS) is 19.6. The van der Waals surface area contributed by atoms with Gasteiger partial charge >= 0.3 is 5.97 Å². The smallest absolute Gasteiger partial charge is 0.323 e. The molecule has 1 saturated carbocycles. The summed E-state index contributed by atoms with van der Waals surface area (Å²) in [7, 11) is 0. The summed E-state index contributed by atoms with van der Waals surface area (Å²) in [6, 6.07) is 33.2. The number of rotatable bonds is 7. The van der Waals surface area contributed by atoms with E-state index in [9.17, 15) is 14.7 Å². The number of aryl methyl sites for hydroxylation is 2. The van der Waals surface area contributed by atoms with Crippen molar-refractivity contribution in [3.05, 3.63) is 135 Å². The molecule has 0 aromatic heterocycles. The summed E-state index contributed by atoms with van der Waals surface area (Å²) in [4.78, 5) is 28.3. The fourth-order valence-corrected chi connectivity index (χ4v) is 8.35. The van der Waals surface area contributed by atoms with Crippen LogP contribution in [0.25, 0.3) is 17.7 Å². The first-order valence-corrected chi connectivity index (χ1v) is 17.3. The number of fused-ring (bicyclic) bond motifs is 3. The summed E-state index contributed by atoms with van der Waals surface area (Å²) in [6.07, 6.45) is 8.82. The number of carboxylic acids is 1. The van der Waals surface area contributed by atoms with Gasteiger partial charge in [0.1, 0.15) is 10.9 Å². The van der Waals surface area contributed by atoms with Crippen LogP contribution in [0.2, 0.25) is 0 Å². The minimum Gasteiger partial charge on any atom is -0.480 e. The second-order valence-electron chi connectivity index (χ2n) is 12.7. The highest BCUT2D eigenvalue weighted by Gasteiger charge is 2.40. The fraction of sp³-hybridized carbons (Fsp3) is 0.225. The molecule has 1 saturated heterocycles. The Balaban J connectivity index is 1.20. The Hall–Kier alpha value is -4.46. The molecule has 1 N–H and O–H groups in total. The van der Waals surface area contributed by atoms with E-state index in [0.717, 1.165) is 28.9 Å². The molecule has 2 aliphatic heterocycles. The van der Waals surface area contributed by atoms with Crippen LogP contribution in [0.5, 0.6) is 0 Å². The molecular weight excluding hydrogens is 621 g/mol. The van der Waals surface area contributed by atoms with Gasteiger partial charge in [0.25, 0.3) is 5.91 Å². The van der Waals surface area contributed by atoms with E-state index in [1.54, 1.807) is 0 Å². The van der Waals surface area contributed by atoms with Gasteiger partial charge in [-0.15, -0.1) is 0 Å². The van der Waals surface area contributed by atoms with Crippen LogP contribution in [0, 0.1) is 13.8 Å². The van der Waals surface area contributed by atoms with Gasteiger partial charge < -0.3 is 10.0 Å². The van der Waals surface area contributed by atoms with Crippen LogP contribution < -0.4 is 4.90 Å². The number of hydrogen-bond donors (Lipinski definition) is 1. The molecule has 5 nitrogen and oxygen atoms in total. The van der Waals surface area contributed by atoms with Crippen LogP contribution in [0.3, 0.4) is 0 Å².